The van der Waals surface area contributed by atoms with E-state index in [0.29, 0.717) is 5.57 Å². The first-order valence-electron chi connectivity index (χ1n) is 3.74. The van der Waals surface area contributed by atoms with Crippen molar-refractivity contribution in [1.29, 1.82) is 0 Å². The minimum atomic E-state index is -0.795. The summed E-state index contributed by atoms with van der Waals surface area (Å²) in [6.45, 7) is 1.67. The smallest absolute Gasteiger partial charge is 0.248 e. The summed E-state index contributed by atoms with van der Waals surface area (Å²) in [6, 6.07) is 0. The summed E-state index contributed by atoms with van der Waals surface area (Å²) in [5.74, 6) is 0. The number of hydrogen-bond acceptors (Lipinski definition) is 2. The van der Waals surface area contributed by atoms with Gasteiger partial charge in [-0.2, -0.15) is 0 Å². The van der Waals surface area contributed by atoms with Crippen molar-refractivity contribution in [3.8, 4) is 0 Å². The summed E-state index contributed by atoms with van der Waals surface area (Å²) in [7, 11) is 0. The summed E-state index contributed by atoms with van der Waals surface area (Å²) < 4.78 is 0. The molecule has 70 valence electrons. The van der Waals surface area contributed by atoms with Crippen LogP contribution in [0.2, 0.25) is 0 Å². The second-order valence-corrected chi connectivity index (χ2v) is 3.88. The molecule has 0 radical (unpaired) electrons. The molecular formula is C9H8Cl2O2. The van der Waals surface area contributed by atoms with Crippen LogP contribution in [0.3, 0.4) is 0 Å². The van der Waals surface area contributed by atoms with Gasteiger partial charge in [-0.3, -0.25) is 9.59 Å². The molecule has 4 heteroatoms. The van der Waals surface area contributed by atoms with Crippen molar-refractivity contribution in [2.45, 2.75) is 13.3 Å². The highest BCUT2D eigenvalue weighted by atomic mass is 35.5. The second kappa shape index (κ2) is 3.64. The fraction of sp³-hybridized carbons (Fsp3) is 0.333. The van der Waals surface area contributed by atoms with Crippen molar-refractivity contribution in [2.75, 3.05) is 0 Å². The molecule has 0 aromatic rings. The summed E-state index contributed by atoms with van der Waals surface area (Å²) in [5.41, 5.74) is -0.378. The van der Waals surface area contributed by atoms with Gasteiger partial charge in [0.05, 0.1) is 5.41 Å². The molecule has 1 unspecified atom stereocenters. The number of allylic oxidation sites excluding steroid dienone is 4. The minimum absolute atomic E-state index is 0.272. The first kappa shape index (κ1) is 10.5. The van der Waals surface area contributed by atoms with E-state index in [1.807, 2.05) is 0 Å². The predicted molar refractivity (Wildman–Crippen MR) is 51.7 cm³/mol. The van der Waals surface area contributed by atoms with E-state index in [1.165, 1.54) is 0 Å². The first-order chi connectivity index (χ1) is 5.96. The Balaban J connectivity index is 2.92. The minimum Gasteiger partial charge on any atom is -0.280 e. The Hall–Kier alpha value is -0.600. The van der Waals surface area contributed by atoms with Crippen molar-refractivity contribution >= 4 is 33.7 Å². The Kier molecular flexibility index (Phi) is 2.94. The molecule has 2 nitrogen and oxygen atoms in total. The lowest BCUT2D eigenvalue weighted by Crippen LogP contribution is -2.24. The lowest BCUT2D eigenvalue weighted by Gasteiger charge is -2.23. The SMILES string of the molecule is CC1(C(=O)Cl)C=CC=C(C(=O)Cl)C1. The zero-order valence-electron chi connectivity index (χ0n) is 7.01. The molecule has 0 aromatic heterocycles. The van der Waals surface area contributed by atoms with Gasteiger partial charge in [-0.25, -0.2) is 0 Å². The maximum atomic E-state index is 11.0. The highest BCUT2D eigenvalue weighted by Gasteiger charge is 2.32. The predicted octanol–water partition coefficient (Wildman–Crippen LogP) is 2.41. The van der Waals surface area contributed by atoms with Gasteiger partial charge in [0.2, 0.25) is 10.5 Å². The zero-order valence-corrected chi connectivity index (χ0v) is 8.52. The molecule has 0 spiro atoms. The van der Waals surface area contributed by atoms with Crippen LogP contribution in [0.25, 0.3) is 0 Å². The topological polar surface area (TPSA) is 34.1 Å². The van der Waals surface area contributed by atoms with E-state index in [1.54, 1.807) is 25.2 Å². The Labute approximate surface area is 86.2 Å². The molecule has 0 fully saturated rings. The second-order valence-electron chi connectivity index (χ2n) is 3.19. The van der Waals surface area contributed by atoms with Gasteiger partial charge in [0.15, 0.2) is 0 Å². The van der Waals surface area contributed by atoms with Crippen LogP contribution in [-0.4, -0.2) is 10.5 Å². The van der Waals surface area contributed by atoms with Crippen LogP contribution >= 0.6 is 23.2 Å². The van der Waals surface area contributed by atoms with E-state index >= 15 is 0 Å². The van der Waals surface area contributed by atoms with Crippen LogP contribution in [-0.2, 0) is 9.59 Å². The summed E-state index contributed by atoms with van der Waals surface area (Å²) in [4.78, 5) is 21.8. The highest BCUT2D eigenvalue weighted by molar-refractivity contribution is 6.68. The van der Waals surface area contributed by atoms with E-state index in [0.717, 1.165) is 0 Å². The molecule has 0 heterocycles. The van der Waals surface area contributed by atoms with Gasteiger partial charge in [-0.05, 0) is 36.5 Å². The van der Waals surface area contributed by atoms with Crippen molar-refractivity contribution in [3.63, 3.8) is 0 Å². The average Bonchev–Trinajstić information content (AvgIpc) is 2.04. The van der Waals surface area contributed by atoms with Gasteiger partial charge in [0.25, 0.3) is 0 Å². The van der Waals surface area contributed by atoms with Crippen molar-refractivity contribution in [2.24, 2.45) is 5.41 Å². The zero-order chi connectivity index (χ0) is 10.1. The Morgan fingerprint density at radius 1 is 1.46 bits per heavy atom. The third-order valence-electron chi connectivity index (χ3n) is 2.02. The van der Waals surface area contributed by atoms with Gasteiger partial charge in [-0.15, -0.1) is 0 Å². The molecule has 0 saturated heterocycles. The first-order valence-corrected chi connectivity index (χ1v) is 4.49. The number of carbonyl (C=O) groups excluding carboxylic acids is 2. The van der Waals surface area contributed by atoms with Crippen LogP contribution in [0.4, 0.5) is 0 Å². The Morgan fingerprint density at radius 2 is 2.08 bits per heavy atom. The molecule has 1 rings (SSSR count). The molecule has 1 aliphatic rings. The molecule has 0 N–H and O–H groups in total. The molecule has 0 aliphatic heterocycles. The number of carbonyl (C=O) groups is 2. The number of rotatable bonds is 2. The van der Waals surface area contributed by atoms with Crippen LogP contribution in [0.1, 0.15) is 13.3 Å². The quantitative estimate of drug-likeness (QED) is 0.668. The van der Waals surface area contributed by atoms with E-state index in [-0.39, 0.29) is 6.42 Å². The maximum Gasteiger partial charge on any atom is 0.248 e. The van der Waals surface area contributed by atoms with Crippen LogP contribution in [0, 0.1) is 5.41 Å². The van der Waals surface area contributed by atoms with E-state index in [9.17, 15) is 9.59 Å². The summed E-state index contributed by atoms with van der Waals surface area (Å²) >= 11 is 10.7. The fourth-order valence-electron chi connectivity index (χ4n) is 1.16. The standard InChI is InChI=1S/C9H8Cl2O2/c1-9(8(11)13)4-2-3-6(5-9)7(10)12/h2-4H,5H2,1H3. The molecule has 0 bridgehead atoms. The molecule has 0 aromatic carbocycles. The molecule has 13 heavy (non-hydrogen) atoms. The Bertz CT molecular complexity index is 318. The highest BCUT2D eigenvalue weighted by Crippen LogP contribution is 2.34. The number of halogens is 2. The van der Waals surface area contributed by atoms with Gasteiger partial charge in [0.1, 0.15) is 0 Å². The molecule has 0 amide bonds. The van der Waals surface area contributed by atoms with Crippen molar-refractivity contribution in [3.05, 3.63) is 23.8 Å². The maximum absolute atomic E-state index is 11.0. The van der Waals surface area contributed by atoms with Gasteiger partial charge >= 0.3 is 0 Å². The van der Waals surface area contributed by atoms with E-state index < -0.39 is 15.9 Å². The monoisotopic (exact) mass is 218 g/mol. The fourth-order valence-corrected chi connectivity index (χ4v) is 1.42. The van der Waals surface area contributed by atoms with Gasteiger partial charge < -0.3 is 0 Å². The lowest BCUT2D eigenvalue weighted by atomic mass is 9.81. The van der Waals surface area contributed by atoms with Gasteiger partial charge in [0, 0.05) is 5.57 Å². The van der Waals surface area contributed by atoms with Gasteiger partial charge in [-0.1, -0.05) is 18.2 Å². The van der Waals surface area contributed by atoms with Crippen LogP contribution < -0.4 is 0 Å². The Morgan fingerprint density at radius 3 is 2.54 bits per heavy atom. The van der Waals surface area contributed by atoms with E-state index in [4.69, 9.17) is 23.2 Å². The lowest BCUT2D eigenvalue weighted by molar-refractivity contribution is -0.117. The molecule has 0 saturated carbocycles. The normalized spacial score (nSPS) is 26.8. The summed E-state index contributed by atoms with van der Waals surface area (Å²) in [6.07, 6.45) is 5.16. The van der Waals surface area contributed by atoms with Crippen molar-refractivity contribution < 1.29 is 9.59 Å². The molecular weight excluding hydrogens is 211 g/mol. The average molecular weight is 219 g/mol. The molecule has 1 atom stereocenters. The largest absolute Gasteiger partial charge is 0.280 e. The van der Waals surface area contributed by atoms with E-state index in [2.05, 4.69) is 0 Å². The third kappa shape index (κ3) is 2.20. The molecule has 1 aliphatic carbocycles. The summed E-state index contributed by atoms with van der Waals surface area (Å²) in [5, 5.41) is -1.01. The number of hydrogen-bond donors (Lipinski definition) is 0. The van der Waals surface area contributed by atoms with Crippen LogP contribution in [0.5, 0.6) is 0 Å². The third-order valence-corrected chi connectivity index (χ3v) is 2.70. The van der Waals surface area contributed by atoms with Crippen LogP contribution in [0.15, 0.2) is 23.8 Å². The van der Waals surface area contributed by atoms with Crippen molar-refractivity contribution in [1.82, 2.24) is 0 Å².